The van der Waals surface area contributed by atoms with Gasteiger partial charge < -0.3 is 9.05 Å². The second-order valence-electron chi connectivity index (χ2n) is 3.58. The molecule has 0 spiro atoms. The van der Waals surface area contributed by atoms with Crippen molar-refractivity contribution >= 4 is 7.60 Å². The average molecular weight is 236 g/mol. The molecule has 0 aromatic carbocycles. The molecule has 3 nitrogen and oxygen atoms in total. The molecule has 0 aliphatic heterocycles. The standard InChI is InChI=1S/C11H25O3P/c1-4-7-8-9-10-11-15(12,13-5-2)14-6-3/h4-11H2,1-3H3. The van der Waals surface area contributed by atoms with Crippen molar-refractivity contribution in [2.24, 2.45) is 0 Å². The van der Waals surface area contributed by atoms with Gasteiger partial charge in [0.25, 0.3) is 0 Å². The summed E-state index contributed by atoms with van der Waals surface area (Å²) in [5.74, 6) is 0. The van der Waals surface area contributed by atoms with Crippen molar-refractivity contribution in [3.63, 3.8) is 0 Å². The van der Waals surface area contributed by atoms with Crippen LogP contribution in [0, 0.1) is 0 Å². The van der Waals surface area contributed by atoms with Gasteiger partial charge in [-0.05, 0) is 20.3 Å². The summed E-state index contributed by atoms with van der Waals surface area (Å²) in [6.07, 6.45) is 6.34. The van der Waals surface area contributed by atoms with Crippen LogP contribution in [0.2, 0.25) is 0 Å². The number of rotatable bonds is 10. The van der Waals surface area contributed by atoms with E-state index in [-0.39, 0.29) is 0 Å². The van der Waals surface area contributed by atoms with Crippen LogP contribution >= 0.6 is 7.60 Å². The molecule has 0 unspecified atom stereocenters. The van der Waals surface area contributed by atoms with Crippen molar-refractivity contribution in [2.75, 3.05) is 19.4 Å². The van der Waals surface area contributed by atoms with Gasteiger partial charge in [-0.15, -0.1) is 0 Å². The lowest BCUT2D eigenvalue weighted by atomic mass is 10.2. The SMILES string of the molecule is CCCCCCCP(=O)(OCC)OCC. The molecule has 0 amide bonds. The fourth-order valence-corrected chi connectivity index (χ4v) is 3.20. The van der Waals surface area contributed by atoms with Gasteiger partial charge in [0, 0.05) is 0 Å². The summed E-state index contributed by atoms with van der Waals surface area (Å²) in [7, 11) is -2.77. The van der Waals surface area contributed by atoms with E-state index in [4.69, 9.17) is 9.05 Å². The van der Waals surface area contributed by atoms with E-state index in [9.17, 15) is 4.57 Å². The minimum atomic E-state index is -2.77. The Bertz CT molecular complexity index is 173. The molecule has 0 atom stereocenters. The van der Waals surface area contributed by atoms with Gasteiger partial charge in [0.05, 0.1) is 19.4 Å². The van der Waals surface area contributed by atoms with Crippen LogP contribution in [0.15, 0.2) is 0 Å². The van der Waals surface area contributed by atoms with Crippen molar-refractivity contribution in [1.82, 2.24) is 0 Å². The first kappa shape index (κ1) is 15.2. The van der Waals surface area contributed by atoms with Crippen LogP contribution in [-0.4, -0.2) is 19.4 Å². The lowest BCUT2D eigenvalue weighted by Crippen LogP contribution is -2.00. The van der Waals surface area contributed by atoms with Gasteiger partial charge >= 0.3 is 7.60 Å². The van der Waals surface area contributed by atoms with Gasteiger partial charge in [0.2, 0.25) is 0 Å². The molecule has 0 saturated heterocycles. The molecule has 0 fully saturated rings. The molecule has 92 valence electrons. The Kier molecular flexibility index (Phi) is 9.48. The summed E-state index contributed by atoms with van der Waals surface area (Å²) < 4.78 is 22.4. The third-order valence-electron chi connectivity index (χ3n) is 2.19. The first-order valence-electron chi connectivity index (χ1n) is 6.06. The monoisotopic (exact) mass is 236 g/mol. The minimum absolute atomic E-state index is 0.465. The predicted octanol–water partition coefficient (Wildman–Crippen LogP) is 4.22. The Hall–Kier alpha value is 0.150. The number of unbranched alkanes of at least 4 members (excludes halogenated alkanes) is 4. The van der Waals surface area contributed by atoms with Crippen molar-refractivity contribution in [3.05, 3.63) is 0 Å². The van der Waals surface area contributed by atoms with Crippen molar-refractivity contribution in [3.8, 4) is 0 Å². The maximum absolute atomic E-state index is 12.0. The van der Waals surface area contributed by atoms with Crippen LogP contribution in [0.1, 0.15) is 52.9 Å². The maximum atomic E-state index is 12.0. The van der Waals surface area contributed by atoms with Gasteiger partial charge in [0.15, 0.2) is 0 Å². The highest BCUT2D eigenvalue weighted by Gasteiger charge is 2.22. The Morgan fingerprint density at radius 1 is 0.867 bits per heavy atom. The largest absolute Gasteiger partial charge is 0.330 e. The van der Waals surface area contributed by atoms with Crippen LogP contribution in [-0.2, 0) is 13.6 Å². The molecule has 0 bridgehead atoms. The Morgan fingerprint density at radius 3 is 1.87 bits per heavy atom. The molecular formula is C11H25O3P. The van der Waals surface area contributed by atoms with E-state index in [1.807, 2.05) is 13.8 Å². The third kappa shape index (κ3) is 8.01. The van der Waals surface area contributed by atoms with Gasteiger partial charge in [0.1, 0.15) is 0 Å². The molecule has 0 radical (unpaired) electrons. The fourth-order valence-electron chi connectivity index (χ4n) is 1.47. The van der Waals surface area contributed by atoms with Crippen LogP contribution < -0.4 is 0 Å². The summed E-state index contributed by atoms with van der Waals surface area (Å²) >= 11 is 0. The molecular weight excluding hydrogens is 211 g/mol. The number of hydrogen-bond acceptors (Lipinski definition) is 3. The maximum Gasteiger partial charge on any atom is 0.330 e. The van der Waals surface area contributed by atoms with Gasteiger partial charge in [-0.2, -0.15) is 0 Å². The van der Waals surface area contributed by atoms with E-state index in [2.05, 4.69) is 6.92 Å². The van der Waals surface area contributed by atoms with Crippen LogP contribution in [0.5, 0.6) is 0 Å². The predicted molar refractivity (Wildman–Crippen MR) is 64.5 cm³/mol. The van der Waals surface area contributed by atoms with E-state index in [0.717, 1.165) is 12.8 Å². The second-order valence-corrected chi connectivity index (χ2v) is 5.77. The van der Waals surface area contributed by atoms with Crippen LogP contribution in [0.4, 0.5) is 0 Å². The van der Waals surface area contributed by atoms with E-state index in [1.165, 1.54) is 19.3 Å². The van der Waals surface area contributed by atoms with Gasteiger partial charge in [-0.3, -0.25) is 4.57 Å². The second kappa shape index (κ2) is 9.38. The van der Waals surface area contributed by atoms with Gasteiger partial charge in [-0.25, -0.2) is 0 Å². The summed E-state index contributed by atoms with van der Waals surface area (Å²) in [5, 5.41) is 0. The minimum Gasteiger partial charge on any atom is -0.309 e. The molecule has 0 aliphatic rings. The Morgan fingerprint density at radius 2 is 1.40 bits per heavy atom. The topological polar surface area (TPSA) is 35.5 Å². The zero-order valence-electron chi connectivity index (χ0n) is 10.3. The van der Waals surface area contributed by atoms with Crippen molar-refractivity contribution < 1.29 is 13.6 Å². The average Bonchev–Trinajstić information content (AvgIpc) is 2.18. The molecule has 4 heteroatoms. The van der Waals surface area contributed by atoms with Gasteiger partial charge in [-0.1, -0.05) is 32.6 Å². The number of hydrogen-bond donors (Lipinski definition) is 0. The van der Waals surface area contributed by atoms with E-state index in [0.29, 0.717) is 19.4 Å². The van der Waals surface area contributed by atoms with E-state index >= 15 is 0 Å². The zero-order chi connectivity index (χ0) is 11.6. The summed E-state index contributed by atoms with van der Waals surface area (Å²) in [6.45, 7) is 6.81. The summed E-state index contributed by atoms with van der Waals surface area (Å²) in [6, 6.07) is 0. The highest BCUT2D eigenvalue weighted by Crippen LogP contribution is 2.48. The summed E-state index contributed by atoms with van der Waals surface area (Å²) in [4.78, 5) is 0. The molecule has 0 aromatic rings. The first-order valence-corrected chi connectivity index (χ1v) is 7.79. The van der Waals surface area contributed by atoms with Crippen molar-refractivity contribution in [2.45, 2.75) is 52.9 Å². The third-order valence-corrected chi connectivity index (χ3v) is 4.35. The highest BCUT2D eigenvalue weighted by molar-refractivity contribution is 7.53. The Balaban J connectivity index is 3.71. The van der Waals surface area contributed by atoms with Crippen molar-refractivity contribution in [1.29, 1.82) is 0 Å². The lowest BCUT2D eigenvalue weighted by molar-refractivity contribution is 0.219. The lowest BCUT2D eigenvalue weighted by Gasteiger charge is -2.16. The fraction of sp³-hybridized carbons (Fsp3) is 1.00. The normalized spacial score (nSPS) is 11.9. The zero-order valence-corrected chi connectivity index (χ0v) is 11.2. The molecule has 15 heavy (non-hydrogen) atoms. The Labute approximate surface area is 94.1 Å². The van der Waals surface area contributed by atoms with E-state index < -0.39 is 7.60 Å². The molecule has 0 rings (SSSR count). The molecule has 0 aliphatic carbocycles. The quantitative estimate of drug-likeness (QED) is 0.420. The van der Waals surface area contributed by atoms with Crippen LogP contribution in [0.25, 0.3) is 0 Å². The van der Waals surface area contributed by atoms with Crippen LogP contribution in [0.3, 0.4) is 0 Å². The molecule has 0 heterocycles. The summed E-state index contributed by atoms with van der Waals surface area (Å²) in [5.41, 5.74) is 0. The molecule has 0 N–H and O–H groups in total. The molecule has 0 aromatic heterocycles. The van der Waals surface area contributed by atoms with E-state index in [1.54, 1.807) is 0 Å². The molecule has 0 saturated carbocycles. The first-order chi connectivity index (χ1) is 7.18. The smallest absolute Gasteiger partial charge is 0.309 e. The highest BCUT2D eigenvalue weighted by atomic mass is 31.2.